The average molecular weight is 438 g/mol. The van der Waals surface area contributed by atoms with E-state index in [2.05, 4.69) is 26.1 Å². The summed E-state index contributed by atoms with van der Waals surface area (Å²) < 4.78 is 30.5. The van der Waals surface area contributed by atoms with E-state index in [1.165, 1.54) is 23.3 Å². The van der Waals surface area contributed by atoms with Crippen LogP contribution in [0.25, 0.3) is 11.7 Å². The molecule has 3 rings (SSSR count). The average Bonchev–Trinajstić information content (AvgIpc) is 3.32. The van der Waals surface area contributed by atoms with Crippen molar-refractivity contribution in [2.24, 2.45) is 0 Å². The van der Waals surface area contributed by atoms with Gasteiger partial charge in [0.2, 0.25) is 5.89 Å². The fourth-order valence-corrected chi connectivity index (χ4v) is 2.70. The Morgan fingerprint density at radius 2 is 2.19 bits per heavy atom. The van der Waals surface area contributed by atoms with Gasteiger partial charge < -0.3 is 18.5 Å². The molecular formula is C18H17BrFN3O4. The van der Waals surface area contributed by atoms with E-state index in [-0.39, 0.29) is 36.6 Å². The minimum Gasteiger partial charge on any atom is -0.481 e. The number of ether oxygens (including phenoxy) is 1. The summed E-state index contributed by atoms with van der Waals surface area (Å²) in [4.78, 5) is 14.0. The molecule has 0 atom stereocenters. The number of amides is 1. The lowest BCUT2D eigenvalue weighted by Crippen LogP contribution is -2.35. The van der Waals surface area contributed by atoms with Gasteiger partial charge in [0.25, 0.3) is 11.8 Å². The topological polar surface area (TPSA) is 81.6 Å². The predicted octanol–water partition coefficient (Wildman–Crippen LogP) is 4.05. The van der Waals surface area contributed by atoms with Crippen LogP contribution in [0.2, 0.25) is 0 Å². The Morgan fingerprint density at radius 3 is 2.89 bits per heavy atom. The van der Waals surface area contributed by atoms with Crippen molar-refractivity contribution in [3.05, 3.63) is 52.8 Å². The number of aromatic nitrogens is 2. The largest absolute Gasteiger partial charge is 0.481 e. The number of benzene rings is 1. The molecule has 0 saturated heterocycles. The second kappa shape index (κ2) is 8.81. The third-order valence-electron chi connectivity index (χ3n) is 3.62. The first kappa shape index (κ1) is 19.1. The van der Waals surface area contributed by atoms with Gasteiger partial charge in [-0.15, -0.1) is 10.2 Å². The molecule has 1 aromatic carbocycles. The summed E-state index contributed by atoms with van der Waals surface area (Å²) in [6.45, 7) is 2.26. The first-order chi connectivity index (χ1) is 13.1. The molecule has 0 radical (unpaired) electrons. The molecule has 1 amide bonds. The molecule has 3 aromatic rings. The normalized spacial score (nSPS) is 10.8. The van der Waals surface area contributed by atoms with Crippen LogP contribution in [-0.4, -0.2) is 34.2 Å². The zero-order chi connectivity index (χ0) is 19.2. The molecule has 0 aliphatic rings. The van der Waals surface area contributed by atoms with Gasteiger partial charge in [-0.1, -0.05) is 22.9 Å². The summed E-state index contributed by atoms with van der Waals surface area (Å²) in [5, 5.41) is 7.85. The van der Waals surface area contributed by atoms with Crippen molar-refractivity contribution in [3.63, 3.8) is 0 Å². The fraction of sp³-hybridized carbons (Fsp3) is 0.278. The summed E-state index contributed by atoms with van der Waals surface area (Å²) in [7, 11) is 0. The van der Waals surface area contributed by atoms with Gasteiger partial charge in [-0.3, -0.25) is 4.79 Å². The maximum Gasteiger partial charge on any atom is 0.283 e. The number of furan rings is 1. The zero-order valence-electron chi connectivity index (χ0n) is 14.5. The Morgan fingerprint density at radius 1 is 1.33 bits per heavy atom. The lowest BCUT2D eigenvalue weighted by molar-refractivity contribution is -0.134. The number of halogens is 2. The second-order valence-corrected chi connectivity index (χ2v) is 6.57. The molecule has 0 saturated carbocycles. The highest BCUT2D eigenvalue weighted by atomic mass is 79.9. The van der Waals surface area contributed by atoms with Crippen LogP contribution in [0.1, 0.15) is 19.2 Å². The smallest absolute Gasteiger partial charge is 0.283 e. The van der Waals surface area contributed by atoms with E-state index in [1.54, 1.807) is 18.2 Å². The molecule has 27 heavy (non-hydrogen) atoms. The van der Waals surface area contributed by atoms with Crippen LogP contribution < -0.4 is 4.74 Å². The van der Waals surface area contributed by atoms with Crippen molar-refractivity contribution < 1.29 is 22.8 Å². The van der Waals surface area contributed by atoms with E-state index in [9.17, 15) is 9.18 Å². The van der Waals surface area contributed by atoms with Crippen LogP contribution in [0.15, 0.2) is 49.9 Å². The fourth-order valence-electron chi connectivity index (χ4n) is 2.37. The van der Waals surface area contributed by atoms with Crippen molar-refractivity contribution in [1.82, 2.24) is 15.1 Å². The highest BCUT2D eigenvalue weighted by molar-refractivity contribution is 9.10. The Bertz CT molecular complexity index is 898. The molecule has 0 aliphatic carbocycles. The van der Waals surface area contributed by atoms with E-state index in [4.69, 9.17) is 13.6 Å². The van der Waals surface area contributed by atoms with Gasteiger partial charge in [-0.2, -0.15) is 0 Å². The molecule has 7 nitrogen and oxygen atoms in total. The Labute approximate surface area is 163 Å². The molecule has 0 bridgehead atoms. The number of carbonyl (C=O) groups excluding carboxylic acids is 1. The number of carbonyl (C=O) groups is 1. The van der Waals surface area contributed by atoms with Gasteiger partial charge in [0.05, 0.1) is 12.8 Å². The van der Waals surface area contributed by atoms with Crippen LogP contribution in [0.5, 0.6) is 5.75 Å². The van der Waals surface area contributed by atoms with Crippen molar-refractivity contribution in [2.45, 2.75) is 19.9 Å². The third-order valence-corrected chi connectivity index (χ3v) is 4.11. The van der Waals surface area contributed by atoms with Crippen LogP contribution in [0.3, 0.4) is 0 Å². The lowest BCUT2D eigenvalue weighted by Gasteiger charge is -2.20. The number of nitrogens with zero attached hydrogens (tertiary/aromatic N) is 3. The number of rotatable bonds is 8. The standard InChI is InChI=1S/C18H17BrFN3O4/c1-2-7-23(10-16-21-22-18(27-16)15-4-3-8-25-15)17(24)11-26-14-6-5-12(19)9-13(14)20/h3-6,8-9H,2,7,10-11H2,1H3. The maximum atomic E-state index is 13.8. The predicted molar refractivity (Wildman–Crippen MR) is 97.3 cm³/mol. The van der Waals surface area contributed by atoms with E-state index in [1.807, 2.05) is 6.92 Å². The molecule has 0 spiro atoms. The van der Waals surface area contributed by atoms with Crippen LogP contribution in [0, 0.1) is 5.82 Å². The first-order valence-corrected chi connectivity index (χ1v) is 9.08. The molecule has 0 unspecified atom stereocenters. The summed E-state index contributed by atoms with van der Waals surface area (Å²) in [5.74, 6) is 0.137. The quantitative estimate of drug-likeness (QED) is 0.528. The third kappa shape index (κ3) is 4.94. The summed E-state index contributed by atoms with van der Waals surface area (Å²) in [5.41, 5.74) is 0. The molecule has 0 N–H and O–H groups in total. The SMILES string of the molecule is CCCN(Cc1nnc(-c2ccco2)o1)C(=O)COc1ccc(Br)cc1F. The lowest BCUT2D eigenvalue weighted by atomic mass is 10.3. The number of hydrogen-bond donors (Lipinski definition) is 0. The second-order valence-electron chi connectivity index (χ2n) is 5.66. The Balaban J connectivity index is 1.63. The molecule has 2 heterocycles. The van der Waals surface area contributed by atoms with E-state index < -0.39 is 5.82 Å². The molecule has 9 heteroatoms. The monoisotopic (exact) mass is 437 g/mol. The number of hydrogen-bond acceptors (Lipinski definition) is 6. The van der Waals surface area contributed by atoms with Crippen LogP contribution in [-0.2, 0) is 11.3 Å². The van der Waals surface area contributed by atoms with Crippen molar-refractivity contribution in [3.8, 4) is 17.4 Å². The van der Waals surface area contributed by atoms with Gasteiger partial charge in [0, 0.05) is 11.0 Å². The van der Waals surface area contributed by atoms with Gasteiger partial charge in [-0.05, 0) is 36.8 Å². The van der Waals surface area contributed by atoms with Gasteiger partial charge >= 0.3 is 0 Å². The van der Waals surface area contributed by atoms with Gasteiger partial charge in [0.15, 0.2) is 23.9 Å². The van der Waals surface area contributed by atoms with Crippen molar-refractivity contribution >= 4 is 21.8 Å². The molecule has 142 valence electrons. The van der Waals surface area contributed by atoms with Crippen LogP contribution >= 0.6 is 15.9 Å². The molecular weight excluding hydrogens is 421 g/mol. The molecule has 2 aromatic heterocycles. The first-order valence-electron chi connectivity index (χ1n) is 8.28. The van der Waals surface area contributed by atoms with Crippen molar-refractivity contribution in [2.75, 3.05) is 13.2 Å². The van der Waals surface area contributed by atoms with Crippen molar-refractivity contribution in [1.29, 1.82) is 0 Å². The molecule has 0 aliphatic heterocycles. The van der Waals surface area contributed by atoms with Gasteiger partial charge in [-0.25, -0.2) is 4.39 Å². The minimum atomic E-state index is -0.542. The summed E-state index contributed by atoms with van der Waals surface area (Å²) in [6.07, 6.45) is 2.24. The summed E-state index contributed by atoms with van der Waals surface area (Å²) >= 11 is 3.17. The van der Waals surface area contributed by atoms with E-state index in [0.717, 1.165) is 6.42 Å². The zero-order valence-corrected chi connectivity index (χ0v) is 16.1. The van der Waals surface area contributed by atoms with E-state index >= 15 is 0 Å². The van der Waals surface area contributed by atoms with E-state index in [0.29, 0.717) is 16.8 Å². The Kier molecular flexibility index (Phi) is 6.23. The summed E-state index contributed by atoms with van der Waals surface area (Å²) in [6, 6.07) is 7.79. The van der Waals surface area contributed by atoms with Gasteiger partial charge in [0.1, 0.15) is 0 Å². The highest BCUT2D eigenvalue weighted by Crippen LogP contribution is 2.22. The molecule has 0 fully saturated rings. The highest BCUT2D eigenvalue weighted by Gasteiger charge is 2.19. The maximum absolute atomic E-state index is 13.8. The Hall–Kier alpha value is -2.68. The minimum absolute atomic E-state index is 0.0147. The van der Waals surface area contributed by atoms with Crippen LogP contribution in [0.4, 0.5) is 4.39 Å².